The van der Waals surface area contributed by atoms with Gasteiger partial charge in [-0.2, -0.15) is 0 Å². The number of hydrogen-bond acceptors (Lipinski definition) is 6. The van der Waals surface area contributed by atoms with Crippen LogP contribution in [-0.4, -0.2) is 28.8 Å². The molecule has 1 amide bonds. The molecule has 2 rings (SSSR count). The summed E-state index contributed by atoms with van der Waals surface area (Å²) in [5.41, 5.74) is 0. The zero-order valence-electron chi connectivity index (χ0n) is 12.6. The molecule has 2 aromatic rings. The Hall–Kier alpha value is -1.99. The molecule has 22 heavy (non-hydrogen) atoms. The normalized spacial score (nSPS) is 11.9. The molecule has 0 saturated heterocycles. The van der Waals surface area contributed by atoms with E-state index in [1.165, 1.54) is 11.3 Å². The van der Waals surface area contributed by atoms with E-state index in [9.17, 15) is 4.79 Å². The number of rotatable bonds is 8. The first-order chi connectivity index (χ1) is 10.7. The van der Waals surface area contributed by atoms with Gasteiger partial charge in [-0.25, -0.2) is 0 Å². The van der Waals surface area contributed by atoms with Crippen LogP contribution in [0.25, 0.3) is 0 Å². The maximum absolute atomic E-state index is 12.2. The van der Waals surface area contributed by atoms with E-state index < -0.39 is 6.10 Å². The lowest BCUT2D eigenvalue weighted by Crippen LogP contribution is -2.32. The number of ether oxygens (including phenoxy) is 2. The summed E-state index contributed by atoms with van der Waals surface area (Å²) < 4.78 is 10.9. The molecule has 1 aromatic carbocycles. The first-order valence-corrected chi connectivity index (χ1v) is 7.97. The Morgan fingerprint density at radius 3 is 2.73 bits per heavy atom. The molecule has 1 atom stereocenters. The molecule has 0 bridgehead atoms. The van der Waals surface area contributed by atoms with Crippen LogP contribution < -0.4 is 10.1 Å². The van der Waals surface area contributed by atoms with E-state index >= 15 is 0 Å². The Morgan fingerprint density at radius 2 is 2.05 bits per heavy atom. The maximum Gasteiger partial charge on any atom is 0.267 e. The van der Waals surface area contributed by atoms with Gasteiger partial charge in [-0.1, -0.05) is 36.5 Å². The number of nitrogens with zero attached hydrogens (tertiary/aromatic N) is 2. The Bertz CT molecular complexity index is 589. The molecule has 0 fully saturated rings. The van der Waals surface area contributed by atoms with Gasteiger partial charge in [0.2, 0.25) is 5.13 Å². The van der Waals surface area contributed by atoms with Gasteiger partial charge in [-0.15, -0.1) is 10.2 Å². The van der Waals surface area contributed by atoms with Gasteiger partial charge in [0.05, 0.1) is 0 Å². The highest BCUT2D eigenvalue weighted by atomic mass is 32.1. The molecule has 0 saturated carbocycles. The van der Waals surface area contributed by atoms with Gasteiger partial charge >= 0.3 is 0 Å². The molecule has 0 spiro atoms. The van der Waals surface area contributed by atoms with Crippen LogP contribution in [0.4, 0.5) is 5.13 Å². The van der Waals surface area contributed by atoms with Crippen molar-refractivity contribution in [2.75, 3.05) is 11.9 Å². The predicted molar refractivity (Wildman–Crippen MR) is 85.0 cm³/mol. The highest BCUT2D eigenvalue weighted by molar-refractivity contribution is 7.15. The van der Waals surface area contributed by atoms with Crippen LogP contribution in [-0.2, 0) is 16.1 Å². The molecule has 1 heterocycles. The Balaban J connectivity index is 1.93. The minimum atomic E-state index is -0.568. The molecule has 7 heteroatoms. The van der Waals surface area contributed by atoms with E-state index in [2.05, 4.69) is 15.5 Å². The van der Waals surface area contributed by atoms with E-state index in [1.807, 2.05) is 44.2 Å². The molecule has 0 aliphatic carbocycles. The fourth-order valence-electron chi connectivity index (χ4n) is 1.72. The van der Waals surface area contributed by atoms with Crippen LogP contribution in [0.15, 0.2) is 30.3 Å². The Labute approximate surface area is 133 Å². The molecule has 0 aliphatic rings. The third-order valence-electron chi connectivity index (χ3n) is 2.81. The summed E-state index contributed by atoms with van der Waals surface area (Å²) in [5.74, 6) is 0.435. The van der Waals surface area contributed by atoms with Gasteiger partial charge < -0.3 is 9.47 Å². The third kappa shape index (κ3) is 4.78. The quantitative estimate of drug-likeness (QED) is 0.809. The SMILES string of the molecule is CCOCc1nnc(NC(=O)[C@@H](CC)Oc2ccccc2)s1. The Morgan fingerprint density at radius 1 is 1.27 bits per heavy atom. The topological polar surface area (TPSA) is 73.3 Å². The van der Waals surface area contributed by atoms with Crippen molar-refractivity contribution in [2.45, 2.75) is 33.0 Å². The highest BCUT2D eigenvalue weighted by Crippen LogP contribution is 2.18. The van der Waals surface area contributed by atoms with Gasteiger partial charge in [0.1, 0.15) is 17.4 Å². The monoisotopic (exact) mass is 321 g/mol. The molecule has 1 N–H and O–H groups in total. The highest BCUT2D eigenvalue weighted by Gasteiger charge is 2.20. The lowest BCUT2D eigenvalue weighted by atomic mass is 10.2. The van der Waals surface area contributed by atoms with Crippen molar-refractivity contribution < 1.29 is 14.3 Å². The molecule has 118 valence electrons. The zero-order chi connectivity index (χ0) is 15.8. The van der Waals surface area contributed by atoms with Crippen molar-refractivity contribution >= 4 is 22.4 Å². The molecule has 1 aromatic heterocycles. The van der Waals surface area contributed by atoms with Crippen molar-refractivity contribution in [1.29, 1.82) is 0 Å². The van der Waals surface area contributed by atoms with Gasteiger partial charge in [-0.3, -0.25) is 10.1 Å². The van der Waals surface area contributed by atoms with E-state index in [0.717, 1.165) is 5.01 Å². The van der Waals surface area contributed by atoms with E-state index in [4.69, 9.17) is 9.47 Å². The smallest absolute Gasteiger partial charge is 0.267 e. The van der Waals surface area contributed by atoms with Crippen LogP contribution in [0.5, 0.6) is 5.75 Å². The second kappa shape index (κ2) is 8.45. The van der Waals surface area contributed by atoms with Crippen molar-refractivity contribution in [3.8, 4) is 5.75 Å². The van der Waals surface area contributed by atoms with Crippen LogP contribution in [0.3, 0.4) is 0 Å². The van der Waals surface area contributed by atoms with Crippen LogP contribution in [0, 0.1) is 0 Å². The lowest BCUT2D eigenvalue weighted by Gasteiger charge is -2.16. The molecular weight excluding hydrogens is 302 g/mol. The summed E-state index contributed by atoms with van der Waals surface area (Å²) in [4.78, 5) is 12.2. The lowest BCUT2D eigenvalue weighted by molar-refractivity contribution is -0.122. The van der Waals surface area contributed by atoms with Crippen molar-refractivity contribution in [3.05, 3.63) is 35.3 Å². The molecular formula is C15H19N3O3S. The van der Waals surface area contributed by atoms with Crippen molar-refractivity contribution in [1.82, 2.24) is 10.2 Å². The van der Waals surface area contributed by atoms with E-state index in [-0.39, 0.29) is 5.91 Å². The average Bonchev–Trinajstić information content (AvgIpc) is 2.98. The molecule has 6 nitrogen and oxygen atoms in total. The summed E-state index contributed by atoms with van der Waals surface area (Å²) in [7, 11) is 0. The number of anilines is 1. The number of aromatic nitrogens is 2. The summed E-state index contributed by atoms with van der Waals surface area (Å²) in [6.07, 6.45) is -0.00708. The second-order valence-electron chi connectivity index (χ2n) is 4.46. The van der Waals surface area contributed by atoms with Crippen molar-refractivity contribution in [3.63, 3.8) is 0 Å². The largest absolute Gasteiger partial charge is 0.481 e. The van der Waals surface area contributed by atoms with Gasteiger partial charge in [0.25, 0.3) is 5.91 Å². The van der Waals surface area contributed by atoms with Crippen LogP contribution >= 0.6 is 11.3 Å². The number of amides is 1. The summed E-state index contributed by atoms with van der Waals surface area (Å²) >= 11 is 1.30. The number of hydrogen-bond donors (Lipinski definition) is 1. The number of carbonyl (C=O) groups is 1. The van der Waals surface area contributed by atoms with E-state index in [1.54, 1.807) is 0 Å². The summed E-state index contributed by atoms with van der Waals surface area (Å²) in [5, 5.41) is 11.8. The maximum atomic E-state index is 12.2. The van der Waals surface area contributed by atoms with Gasteiger partial charge in [0, 0.05) is 6.61 Å². The first kappa shape index (κ1) is 16.4. The van der Waals surface area contributed by atoms with Crippen LogP contribution in [0.2, 0.25) is 0 Å². The first-order valence-electron chi connectivity index (χ1n) is 7.15. The minimum absolute atomic E-state index is 0.231. The molecule has 0 radical (unpaired) electrons. The number of carbonyl (C=O) groups excluding carboxylic acids is 1. The van der Waals surface area contributed by atoms with E-state index in [0.29, 0.717) is 30.5 Å². The molecule has 0 unspecified atom stereocenters. The van der Waals surface area contributed by atoms with Crippen molar-refractivity contribution in [2.24, 2.45) is 0 Å². The fraction of sp³-hybridized carbons (Fsp3) is 0.400. The predicted octanol–water partition coefficient (Wildman–Crippen LogP) is 2.87. The second-order valence-corrected chi connectivity index (χ2v) is 5.52. The van der Waals surface area contributed by atoms with Gasteiger partial charge in [-0.05, 0) is 25.5 Å². The van der Waals surface area contributed by atoms with Crippen LogP contribution in [0.1, 0.15) is 25.3 Å². The minimum Gasteiger partial charge on any atom is -0.481 e. The third-order valence-corrected chi connectivity index (χ3v) is 3.62. The number of nitrogens with one attached hydrogen (secondary N) is 1. The zero-order valence-corrected chi connectivity index (χ0v) is 13.4. The average molecular weight is 321 g/mol. The standard InChI is InChI=1S/C15H19N3O3S/c1-3-12(21-11-8-6-5-7-9-11)14(19)16-15-18-17-13(22-15)10-20-4-2/h5-9,12H,3-4,10H2,1-2H3,(H,16,18,19)/t12-/m1/s1. The van der Waals surface area contributed by atoms with Gasteiger partial charge in [0.15, 0.2) is 6.10 Å². The Kier molecular flexibility index (Phi) is 6.29. The number of para-hydroxylation sites is 1. The number of benzene rings is 1. The summed E-state index contributed by atoms with van der Waals surface area (Å²) in [6.45, 7) is 4.83. The fourth-order valence-corrected chi connectivity index (χ4v) is 2.40. The molecule has 0 aliphatic heterocycles. The summed E-state index contributed by atoms with van der Waals surface area (Å²) in [6, 6.07) is 9.27.